The highest BCUT2D eigenvalue weighted by Crippen LogP contribution is 2.33. The quantitative estimate of drug-likeness (QED) is 0.754. The molecule has 30 heavy (non-hydrogen) atoms. The first-order valence-electron chi connectivity index (χ1n) is 9.36. The van der Waals surface area contributed by atoms with Crippen molar-refractivity contribution in [2.24, 2.45) is 0 Å². The van der Waals surface area contributed by atoms with Gasteiger partial charge in [-0.25, -0.2) is 4.79 Å². The molecule has 2 aromatic carbocycles. The molecule has 1 fully saturated rings. The minimum absolute atomic E-state index is 0.140. The number of benzene rings is 2. The molecule has 1 unspecified atom stereocenters. The van der Waals surface area contributed by atoms with E-state index in [2.05, 4.69) is 10.6 Å². The van der Waals surface area contributed by atoms with Crippen LogP contribution in [-0.2, 0) is 28.6 Å². The molecule has 1 aliphatic heterocycles. The highest BCUT2D eigenvalue weighted by molar-refractivity contribution is 6.10. The number of hydrogen-bond acceptors (Lipinski definition) is 3. The van der Waals surface area contributed by atoms with Gasteiger partial charge in [0.05, 0.1) is 5.56 Å². The van der Waals surface area contributed by atoms with E-state index in [9.17, 15) is 27.6 Å². The lowest BCUT2D eigenvalue weighted by Crippen LogP contribution is -2.51. The number of nitrogens with one attached hydrogen (secondary N) is 2. The molecule has 0 aromatic heterocycles. The Bertz CT molecular complexity index is 1020. The van der Waals surface area contributed by atoms with Crippen molar-refractivity contribution in [1.29, 1.82) is 0 Å². The Morgan fingerprint density at radius 2 is 1.73 bits per heavy atom. The summed E-state index contributed by atoms with van der Waals surface area (Å²) in [4.78, 5) is 38.5. The maximum absolute atomic E-state index is 13.0. The molecule has 2 N–H and O–H groups in total. The van der Waals surface area contributed by atoms with Gasteiger partial charge in [-0.2, -0.15) is 13.2 Å². The maximum Gasteiger partial charge on any atom is 0.416 e. The number of carbonyl (C=O) groups excluding carboxylic acids is 3. The molecule has 4 amide bonds. The average Bonchev–Trinajstić information content (AvgIpc) is 2.91. The minimum Gasteiger partial charge on any atom is -0.325 e. The van der Waals surface area contributed by atoms with E-state index in [4.69, 9.17) is 0 Å². The third-order valence-electron chi connectivity index (χ3n) is 5.48. The third-order valence-corrected chi connectivity index (χ3v) is 5.48. The van der Waals surface area contributed by atoms with Gasteiger partial charge in [-0.1, -0.05) is 24.3 Å². The number of imide groups is 1. The predicted molar refractivity (Wildman–Crippen MR) is 102 cm³/mol. The van der Waals surface area contributed by atoms with E-state index in [1.165, 1.54) is 0 Å². The summed E-state index contributed by atoms with van der Waals surface area (Å²) >= 11 is 0. The molecule has 1 saturated heterocycles. The first kappa shape index (κ1) is 19.9. The zero-order chi connectivity index (χ0) is 21.5. The van der Waals surface area contributed by atoms with Crippen LogP contribution in [0.2, 0.25) is 0 Å². The van der Waals surface area contributed by atoms with E-state index in [0.717, 1.165) is 40.3 Å². The fraction of sp³-hybridized carbons (Fsp3) is 0.286. The third kappa shape index (κ3) is 3.62. The number of urea groups is 1. The lowest BCUT2D eigenvalue weighted by Gasteiger charge is -2.32. The van der Waals surface area contributed by atoms with Gasteiger partial charge in [-0.15, -0.1) is 0 Å². The summed E-state index contributed by atoms with van der Waals surface area (Å²) in [6.45, 7) is -0.519. The van der Waals surface area contributed by atoms with Crippen molar-refractivity contribution in [2.45, 2.75) is 31.0 Å². The summed E-state index contributed by atoms with van der Waals surface area (Å²) in [5.41, 5.74) is 0.340. The molecular weight excluding hydrogens is 399 g/mol. The van der Waals surface area contributed by atoms with Crippen LogP contribution in [0, 0.1) is 0 Å². The van der Waals surface area contributed by atoms with Crippen LogP contribution in [0.1, 0.15) is 23.1 Å². The van der Waals surface area contributed by atoms with E-state index in [1.54, 1.807) is 0 Å². The van der Waals surface area contributed by atoms with Crippen molar-refractivity contribution in [2.75, 3.05) is 11.9 Å². The Balaban J connectivity index is 1.43. The summed E-state index contributed by atoms with van der Waals surface area (Å²) in [5.74, 6) is -1.14. The molecule has 156 valence electrons. The Morgan fingerprint density at radius 3 is 2.40 bits per heavy atom. The van der Waals surface area contributed by atoms with Crippen LogP contribution in [0.5, 0.6) is 0 Å². The highest BCUT2D eigenvalue weighted by atomic mass is 19.4. The van der Waals surface area contributed by atoms with Crippen LogP contribution < -0.4 is 10.6 Å². The average molecular weight is 417 g/mol. The number of fused-ring (bicyclic) bond motifs is 1. The van der Waals surface area contributed by atoms with E-state index in [1.807, 2.05) is 24.3 Å². The fourth-order valence-corrected chi connectivity index (χ4v) is 3.93. The van der Waals surface area contributed by atoms with Gasteiger partial charge in [-0.05, 0) is 48.2 Å². The number of amides is 4. The molecule has 1 spiro atoms. The monoisotopic (exact) mass is 417 g/mol. The van der Waals surface area contributed by atoms with E-state index < -0.39 is 41.7 Å². The fourth-order valence-electron chi connectivity index (χ4n) is 3.93. The zero-order valence-electron chi connectivity index (χ0n) is 15.8. The molecule has 1 aliphatic carbocycles. The van der Waals surface area contributed by atoms with Gasteiger partial charge in [0.2, 0.25) is 5.91 Å². The van der Waals surface area contributed by atoms with Gasteiger partial charge in [-0.3, -0.25) is 14.5 Å². The number of alkyl halides is 3. The van der Waals surface area contributed by atoms with Crippen molar-refractivity contribution in [3.8, 4) is 0 Å². The maximum atomic E-state index is 13.0. The number of halogens is 3. The van der Waals surface area contributed by atoms with E-state index in [-0.39, 0.29) is 5.69 Å². The second kappa shape index (κ2) is 7.16. The topological polar surface area (TPSA) is 78.5 Å². The standard InChI is InChI=1S/C21H18F3N3O3/c22-21(23,24)15-5-7-16(8-6-15)25-17(28)12-27-18(29)20(26-19(27)30)10-9-13-3-1-2-4-14(13)11-20/h1-8H,9-12H2,(H,25,28)(H,26,30). The lowest BCUT2D eigenvalue weighted by molar-refractivity contribution is -0.137. The summed E-state index contributed by atoms with van der Waals surface area (Å²) < 4.78 is 37.9. The van der Waals surface area contributed by atoms with Crippen molar-refractivity contribution < 1.29 is 27.6 Å². The summed E-state index contributed by atoms with van der Waals surface area (Å²) in [7, 11) is 0. The van der Waals surface area contributed by atoms with Gasteiger partial charge >= 0.3 is 12.2 Å². The first-order chi connectivity index (χ1) is 14.2. The van der Waals surface area contributed by atoms with Crippen LogP contribution in [0.4, 0.5) is 23.7 Å². The van der Waals surface area contributed by atoms with Gasteiger partial charge in [0.1, 0.15) is 12.1 Å². The predicted octanol–water partition coefficient (Wildman–Crippen LogP) is 3.12. The molecule has 9 heteroatoms. The Labute approximate surface area is 170 Å². The molecule has 0 radical (unpaired) electrons. The van der Waals surface area contributed by atoms with Crippen LogP contribution >= 0.6 is 0 Å². The lowest BCUT2D eigenvalue weighted by atomic mass is 9.78. The van der Waals surface area contributed by atoms with Gasteiger partial charge in [0.15, 0.2) is 0 Å². The smallest absolute Gasteiger partial charge is 0.325 e. The Kier molecular flexibility index (Phi) is 4.76. The largest absolute Gasteiger partial charge is 0.416 e. The Hall–Kier alpha value is -3.36. The summed E-state index contributed by atoms with van der Waals surface area (Å²) in [6, 6.07) is 11.0. The number of aryl methyl sites for hydroxylation is 1. The number of carbonyl (C=O) groups is 3. The number of anilines is 1. The van der Waals surface area contributed by atoms with Crippen LogP contribution in [-0.4, -0.2) is 34.8 Å². The summed E-state index contributed by atoms with van der Waals surface area (Å²) in [5, 5.41) is 5.15. The second-order valence-electron chi connectivity index (χ2n) is 7.47. The van der Waals surface area contributed by atoms with Crippen LogP contribution in [0.15, 0.2) is 48.5 Å². The number of nitrogens with zero attached hydrogens (tertiary/aromatic N) is 1. The minimum atomic E-state index is -4.48. The SMILES string of the molecule is O=C(CN1C(=O)NC2(CCc3ccccc3C2)C1=O)Nc1ccc(C(F)(F)F)cc1. The van der Waals surface area contributed by atoms with Crippen molar-refractivity contribution in [3.63, 3.8) is 0 Å². The molecule has 0 bridgehead atoms. The van der Waals surface area contributed by atoms with Crippen LogP contribution in [0.25, 0.3) is 0 Å². The Morgan fingerprint density at radius 1 is 1.07 bits per heavy atom. The highest BCUT2D eigenvalue weighted by Gasteiger charge is 2.52. The molecule has 4 rings (SSSR count). The molecule has 2 aromatic rings. The zero-order valence-corrected chi connectivity index (χ0v) is 15.8. The molecule has 1 heterocycles. The van der Waals surface area contributed by atoms with E-state index >= 15 is 0 Å². The molecule has 1 atom stereocenters. The van der Waals surface area contributed by atoms with Crippen molar-refractivity contribution >= 4 is 23.5 Å². The van der Waals surface area contributed by atoms with Crippen molar-refractivity contribution in [1.82, 2.24) is 10.2 Å². The first-order valence-corrected chi connectivity index (χ1v) is 9.36. The van der Waals surface area contributed by atoms with Crippen LogP contribution in [0.3, 0.4) is 0 Å². The van der Waals surface area contributed by atoms with Crippen molar-refractivity contribution in [3.05, 3.63) is 65.2 Å². The van der Waals surface area contributed by atoms with Gasteiger partial charge in [0.25, 0.3) is 5.91 Å². The summed E-state index contributed by atoms with van der Waals surface area (Å²) in [6.07, 6.45) is -3.06. The second-order valence-corrected chi connectivity index (χ2v) is 7.47. The molecule has 6 nitrogen and oxygen atoms in total. The van der Waals surface area contributed by atoms with Gasteiger partial charge in [0, 0.05) is 12.1 Å². The molecule has 0 saturated carbocycles. The molecule has 2 aliphatic rings. The number of hydrogen-bond donors (Lipinski definition) is 2. The molecular formula is C21H18F3N3O3. The van der Waals surface area contributed by atoms with E-state index in [0.29, 0.717) is 19.3 Å². The van der Waals surface area contributed by atoms with Gasteiger partial charge < -0.3 is 10.6 Å². The number of rotatable bonds is 3. The normalized spacial score (nSPS) is 20.8.